The highest BCUT2D eigenvalue weighted by atomic mass is 32.2. The summed E-state index contributed by atoms with van der Waals surface area (Å²) in [7, 11) is 1.62. The molecule has 0 aliphatic heterocycles. The van der Waals surface area contributed by atoms with Crippen molar-refractivity contribution in [3.63, 3.8) is 0 Å². The Morgan fingerprint density at radius 1 is 1.41 bits per heavy atom. The fourth-order valence-corrected chi connectivity index (χ4v) is 2.89. The number of thioether (sulfide) groups is 1. The Morgan fingerprint density at radius 2 is 2.23 bits per heavy atom. The van der Waals surface area contributed by atoms with E-state index in [1.54, 1.807) is 20.4 Å². The van der Waals surface area contributed by atoms with Crippen LogP contribution < -0.4 is 4.74 Å². The number of benzene rings is 1. The van der Waals surface area contributed by atoms with Gasteiger partial charge in [0.15, 0.2) is 5.69 Å². The van der Waals surface area contributed by atoms with Gasteiger partial charge in [-0.25, -0.2) is 14.8 Å². The van der Waals surface area contributed by atoms with Crippen LogP contribution in [0.15, 0.2) is 29.6 Å². The zero-order valence-corrected chi connectivity index (χ0v) is 13.3. The molecule has 2 aromatic heterocycles. The molecule has 0 atom stereocenters. The average molecular weight is 317 g/mol. The first-order chi connectivity index (χ1) is 10.7. The van der Waals surface area contributed by atoms with E-state index in [0.29, 0.717) is 12.1 Å². The maximum atomic E-state index is 12.1. The molecule has 2 heterocycles. The SMILES string of the molecule is CCOC(=O)c1ncn2c1c(SC)nc1cc(OC)ccc12. The summed E-state index contributed by atoms with van der Waals surface area (Å²) < 4.78 is 12.2. The number of fused-ring (bicyclic) bond motifs is 3. The number of carbonyl (C=O) groups is 1. The zero-order chi connectivity index (χ0) is 15.7. The number of esters is 1. The fraction of sp³-hybridized carbons (Fsp3) is 0.267. The van der Waals surface area contributed by atoms with Crippen LogP contribution in [-0.4, -0.2) is 40.3 Å². The summed E-state index contributed by atoms with van der Waals surface area (Å²) >= 11 is 1.46. The number of hydrogen-bond donors (Lipinski definition) is 0. The lowest BCUT2D eigenvalue weighted by molar-refractivity contribution is 0.0522. The molecule has 0 N–H and O–H groups in total. The maximum Gasteiger partial charge on any atom is 0.359 e. The van der Waals surface area contributed by atoms with E-state index in [4.69, 9.17) is 9.47 Å². The predicted molar refractivity (Wildman–Crippen MR) is 84.8 cm³/mol. The van der Waals surface area contributed by atoms with E-state index in [0.717, 1.165) is 21.8 Å². The molecule has 0 bridgehead atoms. The molecule has 0 saturated heterocycles. The lowest BCUT2D eigenvalue weighted by atomic mass is 10.2. The minimum absolute atomic E-state index is 0.288. The van der Waals surface area contributed by atoms with Crippen molar-refractivity contribution in [2.45, 2.75) is 11.9 Å². The van der Waals surface area contributed by atoms with Crippen LogP contribution in [0.2, 0.25) is 0 Å². The van der Waals surface area contributed by atoms with Gasteiger partial charge in [-0.2, -0.15) is 0 Å². The minimum Gasteiger partial charge on any atom is -0.497 e. The van der Waals surface area contributed by atoms with Gasteiger partial charge < -0.3 is 9.47 Å². The third kappa shape index (κ3) is 2.27. The average Bonchev–Trinajstić information content (AvgIpc) is 2.99. The second kappa shape index (κ2) is 5.84. The van der Waals surface area contributed by atoms with Crippen molar-refractivity contribution >= 4 is 34.3 Å². The van der Waals surface area contributed by atoms with E-state index in [-0.39, 0.29) is 5.69 Å². The van der Waals surface area contributed by atoms with Gasteiger partial charge in [-0.3, -0.25) is 4.40 Å². The monoisotopic (exact) mass is 317 g/mol. The molecule has 0 aliphatic rings. The Kier molecular flexibility index (Phi) is 3.89. The Hall–Kier alpha value is -2.28. The van der Waals surface area contributed by atoms with E-state index in [1.807, 2.05) is 28.9 Å². The van der Waals surface area contributed by atoms with E-state index in [2.05, 4.69) is 9.97 Å². The molecule has 114 valence electrons. The first kappa shape index (κ1) is 14.6. The number of nitrogens with zero attached hydrogens (tertiary/aromatic N) is 3. The van der Waals surface area contributed by atoms with Gasteiger partial charge in [0.2, 0.25) is 0 Å². The van der Waals surface area contributed by atoms with Crippen molar-refractivity contribution in [3.8, 4) is 5.75 Å². The van der Waals surface area contributed by atoms with Crippen molar-refractivity contribution in [3.05, 3.63) is 30.2 Å². The first-order valence-electron chi connectivity index (χ1n) is 6.75. The first-order valence-corrected chi connectivity index (χ1v) is 7.98. The highest BCUT2D eigenvalue weighted by Crippen LogP contribution is 2.28. The van der Waals surface area contributed by atoms with Crippen LogP contribution >= 0.6 is 11.8 Å². The lowest BCUT2D eigenvalue weighted by Crippen LogP contribution is -2.06. The summed E-state index contributed by atoms with van der Waals surface area (Å²) in [6.45, 7) is 2.08. The number of rotatable bonds is 4. The summed E-state index contributed by atoms with van der Waals surface area (Å²) in [4.78, 5) is 20.9. The second-order valence-corrected chi connectivity index (χ2v) is 5.30. The van der Waals surface area contributed by atoms with Gasteiger partial charge >= 0.3 is 5.97 Å². The summed E-state index contributed by atoms with van der Waals surface area (Å²) in [5.74, 6) is 0.298. The predicted octanol–water partition coefficient (Wildman–Crippen LogP) is 2.79. The molecule has 22 heavy (non-hydrogen) atoms. The summed E-state index contributed by atoms with van der Waals surface area (Å²) in [5, 5.41) is 0.723. The minimum atomic E-state index is -0.435. The largest absolute Gasteiger partial charge is 0.497 e. The van der Waals surface area contributed by atoms with Gasteiger partial charge in [0.25, 0.3) is 0 Å². The number of hydrogen-bond acceptors (Lipinski definition) is 6. The van der Waals surface area contributed by atoms with Crippen molar-refractivity contribution in [2.24, 2.45) is 0 Å². The second-order valence-electron chi connectivity index (χ2n) is 4.51. The standard InChI is InChI=1S/C15H15N3O3S/c1-4-21-15(19)12-13-14(22-3)17-10-7-9(20-2)5-6-11(10)18(13)8-16-12/h5-8H,4H2,1-3H3. The zero-order valence-electron chi connectivity index (χ0n) is 12.5. The molecular weight excluding hydrogens is 302 g/mol. The van der Waals surface area contributed by atoms with Gasteiger partial charge in [0.1, 0.15) is 22.6 Å². The quantitative estimate of drug-likeness (QED) is 0.544. The molecule has 3 rings (SSSR count). The van der Waals surface area contributed by atoms with E-state index in [1.165, 1.54) is 11.8 Å². The van der Waals surface area contributed by atoms with Crippen LogP contribution in [-0.2, 0) is 4.74 Å². The third-order valence-electron chi connectivity index (χ3n) is 3.30. The number of imidazole rings is 1. The van der Waals surface area contributed by atoms with Gasteiger partial charge in [-0.05, 0) is 25.3 Å². The Balaban J connectivity index is 2.32. The van der Waals surface area contributed by atoms with Crippen molar-refractivity contribution in [1.29, 1.82) is 0 Å². The smallest absolute Gasteiger partial charge is 0.359 e. The van der Waals surface area contributed by atoms with Crippen molar-refractivity contribution in [2.75, 3.05) is 20.0 Å². The number of ether oxygens (including phenoxy) is 2. The molecule has 0 spiro atoms. The molecule has 0 radical (unpaired) electrons. The van der Waals surface area contributed by atoms with E-state index in [9.17, 15) is 4.79 Å². The van der Waals surface area contributed by atoms with Crippen LogP contribution in [0.3, 0.4) is 0 Å². The highest BCUT2D eigenvalue weighted by molar-refractivity contribution is 7.98. The molecule has 1 aromatic carbocycles. The van der Waals surface area contributed by atoms with Crippen LogP contribution in [0.5, 0.6) is 5.75 Å². The molecular formula is C15H15N3O3S. The molecule has 0 fully saturated rings. The van der Waals surface area contributed by atoms with Gasteiger partial charge in [0.05, 0.1) is 24.8 Å². The van der Waals surface area contributed by atoms with Crippen LogP contribution in [0.1, 0.15) is 17.4 Å². The molecule has 7 heteroatoms. The normalized spacial score (nSPS) is 11.0. The fourth-order valence-electron chi connectivity index (χ4n) is 2.31. The van der Waals surface area contributed by atoms with Crippen molar-refractivity contribution in [1.82, 2.24) is 14.4 Å². The van der Waals surface area contributed by atoms with Gasteiger partial charge in [-0.15, -0.1) is 11.8 Å². The Morgan fingerprint density at radius 3 is 2.91 bits per heavy atom. The molecule has 0 aliphatic carbocycles. The third-order valence-corrected chi connectivity index (χ3v) is 3.97. The van der Waals surface area contributed by atoms with Crippen LogP contribution in [0, 0.1) is 0 Å². The van der Waals surface area contributed by atoms with E-state index >= 15 is 0 Å². The highest BCUT2D eigenvalue weighted by Gasteiger charge is 2.20. The molecule has 0 saturated carbocycles. The lowest BCUT2D eigenvalue weighted by Gasteiger charge is -2.08. The van der Waals surface area contributed by atoms with Gasteiger partial charge in [-0.1, -0.05) is 0 Å². The number of aromatic nitrogens is 3. The topological polar surface area (TPSA) is 65.7 Å². The molecule has 0 amide bonds. The molecule has 0 unspecified atom stereocenters. The van der Waals surface area contributed by atoms with Crippen molar-refractivity contribution < 1.29 is 14.3 Å². The molecule has 6 nitrogen and oxygen atoms in total. The van der Waals surface area contributed by atoms with Crippen LogP contribution in [0.25, 0.3) is 16.6 Å². The number of methoxy groups -OCH3 is 1. The Labute approximate surface area is 131 Å². The summed E-state index contributed by atoms with van der Waals surface area (Å²) in [6.07, 6.45) is 3.54. The van der Waals surface area contributed by atoms with Crippen LogP contribution in [0.4, 0.5) is 0 Å². The number of carbonyl (C=O) groups excluding carboxylic acids is 1. The van der Waals surface area contributed by atoms with E-state index < -0.39 is 5.97 Å². The van der Waals surface area contributed by atoms with Gasteiger partial charge in [0, 0.05) is 6.07 Å². The summed E-state index contributed by atoms with van der Waals surface area (Å²) in [5.41, 5.74) is 2.60. The summed E-state index contributed by atoms with van der Waals surface area (Å²) in [6, 6.07) is 5.61. The molecule has 3 aromatic rings. The Bertz CT molecular complexity index is 860. The maximum absolute atomic E-state index is 12.1.